The maximum Gasteiger partial charge on any atom is 0.237 e. The van der Waals surface area contributed by atoms with Gasteiger partial charge in [-0.1, -0.05) is 0 Å². The first-order valence-corrected chi connectivity index (χ1v) is 7.88. The number of primary amides is 1. The summed E-state index contributed by atoms with van der Waals surface area (Å²) >= 11 is 0. The molecule has 0 aromatic carbocycles. The molecule has 108 valence electrons. The molecule has 1 atom stereocenters. The van der Waals surface area contributed by atoms with Gasteiger partial charge in [0.05, 0.1) is 5.54 Å². The Hall–Kier alpha value is -0.570. The van der Waals surface area contributed by atoms with Crippen molar-refractivity contribution < 1.29 is 4.79 Å². The first-order chi connectivity index (χ1) is 8.81. The lowest BCUT2D eigenvalue weighted by Crippen LogP contribution is -2.61. The van der Waals surface area contributed by atoms with Crippen LogP contribution < -0.4 is 11.1 Å². The highest BCUT2D eigenvalue weighted by atomic mass is 16.1. The molecular formula is C16H28N2O. The van der Waals surface area contributed by atoms with Crippen LogP contribution in [0.2, 0.25) is 0 Å². The van der Waals surface area contributed by atoms with Crippen LogP contribution in [0.5, 0.6) is 0 Å². The predicted molar refractivity (Wildman–Crippen MR) is 76.5 cm³/mol. The molecule has 19 heavy (non-hydrogen) atoms. The van der Waals surface area contributed by atoms with E-state index in [1.165, 1.54) is 38.5 Å². The summed E-state index contributed by atoms with van der Waals surface area (Å²) in [5, 5.41) is 3.54. The molecule has 4 fully saturated rings. The van der Waals surface area contributed by atoms with E-state index in [4.69, 9.17) is 5.73 Å². The number of nitrogens with one attached hydrogen (secondary N) is 1. The summed E-state index contributed by atoms with van der Waals surface area (Å²) < 4.78 is 0. The highest BCUT2D eigenvalue weighted by Crippen LogP contribution is 2.61. The van der Waals surface area contributed by atoms with Gasteiger partial charge in [0.2, 0.25) is 5.91 Å². The highest BCUT2D eigenvalue weighted by Gasteiger charge is 2.53. The summed E-state index contributed by atoms with van der Waals surface area (Å²) in [6.45, 7) is 6.09. The van der Waals surface area contributed by atoms with E-state index in [9.17, 15) is 4.79 Å². The normalized spacial score (nSPS) is 42.4. The standard InChI is InChI=1S/C16H28N2O/c1-10(18-15(2,3)14(17)19)16-7-11-4-12(8-16)6-13(5-11)9-16/h10-13,18H,4-9H2,1-3H3,(H2,17,19). The molecule has 3 nitrogen and oxygen atoms in total. The van der Waals surface area contributed by atoms with Crippen LogP contribution in [0.15, 0.2) is 0 Å². The first kappa shape index (κ1) is 13.4. The number of hydrogen-bond donors (Lipinski definition) is 2. The van der Waals surface area contributed by atoms with Crippen LogP contribution in [0, 0.1) is 23.2 Å². The molecule has 4 rings (SSSR count). The monoisotopic (exact) mass is 264 g/mol. The van der Waals surface area contributed by atoms with Gasteiger partial charge in [-0.15, -0.1) is 0 Å². The highest BCUT2D eigenvalue weighted by molar-refractivity contribution is 5.83. The Labute approximate surface area is 116 Å². The molecule has 0 saturated heterocycles. The zero-order chi connectivity index (χ0) is 13.8. The van der Waals surface area contributed by atoms with Crippen molar-refractivity contribution in [2.75, 3.05) is 0 Å². The molecule has 3 heteroatoms. The van der Waals surface area contributed by atoms with Crippen LogP contribution in [0.25, 0.3) is 0 Å². The van der Waals surface area contributed by atoms with Crippen molar-refractivity contribution in [1.82, 2.24) is 5.32 Å². The number of rotatable bonds is 4. The molecule has 1 unspecified atom stereocenters. The van der Waals surface area contributed by atoms with E-state index in [1.807, 2.05) is 13.8 Å². The average Bonchev–Trinajstić information content (AvgIpc) is 2.26. The van der Waals surface area contributed by atoms with Gasteiger partial charge in [-0.2, -0.15) is 0 Å². The smallest absolute Gasteiger partial charge is 0.237 e. The van der Waals surface area contributed by atoms with Gasteiger partial charge in [-0.25, -0.2) is 0 Å². The summed E-state index contributed by atoms with van der Waals surface area (Å²) in [7, 11) is 0. The third kappa shape index (κ3) is 2.20. The third-order valence-corrected chi connectivity index (χ3v) is 6.20. The van der Waals surface area contributed by atoms with Gasteiger partial charge in [0.15, 0.2) is 0 Å². The molecule has 4 bridgehead atoms. The quantitative estimate of drug-likeness (QED) is 0.819. The van der Waals surface area contributed by atoms with Crippen molar-refractivity contribution in [1.29, 1.82) is 0 Å². The maximum atomic E-state index is 11.5. The Kier molecular flexibility index (Phi) is 2.97. The lowest BCUT2D eigenvalue weighted by atomic mass is 9.48. The Morgan fingerprint density at radius 1 is 1.16 bits per heavy atom. The van der Waals surface area contributed by atoms with Crippen molar-refractivity contribution >= 4 is 5.91 Å². The SMILES string of the molecule is CC(NC(C)(C)C(N)=O)C12CC3CC(CC(C3)C1)C2. The molecular weight excluding hydrogens is 236 g/mol. The maximum absolute atomic E-state index is 11.5. The van der Waals surface area contributed by atoms with Crippen molar-refractivity contribution in [3.05, 3.63) is 0 Å². The van der Waals surface area contributed by atoms with Gasteiger partial charge in [0.25, 0.3) is 0 Å². The molecule has 1 amide bonds. The summed E-state index contributed by atoms with van der Waals surface area (Å²) in [4.78, 5) is 11.5. The topological polar surface area (TPSA) is 55.1 Å². The fraction of sp³-hybridized carbons (Fsp3) is 0.938. The molecule has 3 N–H and O–H groups in total. The Balaban J connectivity index is 1.76. The van der Waals surface area contributed by atoms with Crippen molar-refractivity contribution in [2.45, 2.75) is 70.9 Å². The van der Waals surface area contributed by atoms with Crippen molar-refractivity contribution in [3.8, 4) is 0 Å². The lowest BCUT2D eigenvalue weighted by Gasteiger charge is -2.59. The Morgan fingerprint density at radius 2 is 1.58 bits per heavy atom. The molecule has 4 aliphatic carbocycles. The van der Waals surface area contributed by atoms with E-state index >= 15 is 0 Å². The van der Waals surface area contributed by atoms with Crippen LogP contribution in [-0.4, -0.2) is 17.5 Å². The van der Waals surface area contributed by atoms with E-state index in [1.54, 1.807) is 0 Å². The van der Waals surface area contributed by atoms with E-state index in [0.29, 0.717) is 11.5 Å². The molecule has 4 aliphatic rings. The van der Waals surface area contributed by atoms with Crippen molar-refractivity contribution in [2.24, 2.45) is 28.9 Å². The molecule has 0 aromatic rings. The van der Waals surface area contributed by atoms with Gasteiger partial charge < -0.3 is 11.1 Å². The van der Waals surface area contributed by atoms with Gasteiger partial charge >= 0.3 is 0 Å². The van der Waals surface area contributed by atoms with Gasteiger partial charge in [0.1, 0.15) is 0 Å². The minimum absolute atomic E-state index is 0.246. The predicted octanol–water partition coefficient (Wildman–Crippen LogP) is 2.44. The van der Waals surface area contributed by atoms with Crippen LogP contribution in [-0.2, 0) is 4.79 Å². The third-order valence-electron chi connectivity index (χ3n) is 6.20. The van der Waals surface area contributed by atoms with Gasteiger partial charge in [0, 0.05) is 6.04 Å². The molecule has 0 aliphatic heterocycles. The molecule has 0 spiro atoms. The number of hydrogen-bond acceptors (Lipinski definition) is 2. The van der Waals surface area contributed by atoms with E-state index in [2.05, 4.69) is 12.2 Å². The van der Waals surface area contributed by atoms with E-state index in [-0.39, 0.29) is 5.91 Å². The second kappa shape index (κ2) is 4.21. The Bertz CT molecular complexity index is 353. The molecule has 4 saturated carbocycles. The fourth-order valence-electron chi connectivity index (χ4n) is 5.47. The lowest BCUT2D eigenvalue weighted by molar-refractivity contribution is -0.125. The minimum Gasteiger partial charge on any atom is -0.368 e. The largest absolute Gasteiger partial charge is 0.368 e. The fourth-order valence-corrected chi connectivity index (χ4v) is 5.47. The average molecular weight is 264 g/mol. The van der Waals surface area contributed by atoms with Gasteiger partial charge in [-0.05, 0) is 82.5 Å². The summed E-state index contributed by atoms with van der Waals surface area (Å²) in [6, 6.07) is 0.392. The number of carbonyl (C=O) groups is 1. The first-order valence-electron chi connectivity index (χ1n) is 7.88. The van der Waals surface area contributed by atoms with E-state index in [0.717, 1.165) is 17.8 Å². The molecule has 0 heterocycles. The number of nitrogens with two attached hydrogens (primary N) is 1. The molecule has 0 radical (unpaired) electrons. The van der Waals surface area contributed by atoms with Crippen LogP contribution in [0.1, 0.15) is 59.3 Å². The minimum atomic E-state index is -0.594. The van der Waals surface area contributed by atoms with Crippen LogP contribution in [0.3, 0.4) is 0 Å². The summed E-state index contributed by atoms with van der Waals surface area (Å²) in [5.41, 5.74) is 5.35. The second-order valence-electron chi connectivity index (χ2n) is 8.14. The number of amides is 1. The zero-order valence-corrected chi connectivity index (χ0v) is 12.5. The number of carbonyl (C=O) groups excluding carboxylic acids is 1. The van der Waals surface area contributed by atoms with Crippen LogP contribution in [0.4, 0.5) is 0 Å². The summed E-state index contributed by atoms with van der Waals surface area (Å²) in [5.74, 6) is 2.61. The van der Waals surface area contributed by atoms with E-state index < -0.39 is 5.54 Å². The van der Waals surface area contributed by atoms with Crippen LogP contribution >= 0.6 is 0 Å². The molecule has 0 aromatic heterocycles. The Morgan fingerprint density at radius 3 is 1.95 bits per heavy atom. The van der Waals surface area contributed by atoms with Crippen molar-refractivity contribution in [3.63, 3.8) is 0 Å². The zero-order valence-electron chi connectivity index (χ0n) is 12.5. The second-order valence-corrected chi connectivity index (χ2v) is 8.14. The summed E-state index contributed by atoms with van der Waals surface area (Å²) in [6.07, 6.45) is 8.48. The van der Waals surface area contributed by atoms with Gasteiger partial charge in [-0.3, -0.25) is 4.79 Å².